The minimum atomic E-state index is -0.886. The van der Waals surface area contributed by atoms with Crippen LogP contribution in [0.15, 0.2) is 47.2 Å². The van der Waals surface area contributed by atoms with Gasteiger partial charge >= 0.3 is 11.9 Å². The minimum Gasteiger partial charge on any atom is -0.480 e. The van der Waals surface area contributed by atoms with E-state index in [0.717, 1.165) is 6.42 Å². The number of ether oxygens (including phenoxy) is 1. The van der Waals surface area contributed by atoms with Crippen molar-refractivity contribution >= 4 is 17.8 Å². The third-order valence-corrected chi connectivity index (χ3v) is 3.51. The number of esters is 1. The summed E-state index contributed by atoms with van der Waals surface area (Å²) in [6.07, 6.45) is 2.85. The van der Waals surface area contributed by atoms with Gasteiger partial charge in [-0.05, 0) is 25.0 Å². The summed E-state index contributed by atoms with van der Waals surface area (Å²) in [5.74, 6) is -1.19. The molecule has 0 unspecified atom stereocenters. The molecule has 2 heterocycles. The highest BCUT2D eigenvalue weighted by Gasteiger charge is 2.31. The predicted octanol–water partition coefficient (Wildman–Crippen LogP) is 1.38. The Labute approximate surface area is 121 Å². The second-order valence-electron chi connectivity index (χ2n) is 4.92. The number of cyclic esters (lactones) is 1. The highest BCUT2D eigenvalue weighted by atomic mass is 16.6. The van der Waals surface area contributed by atoms with E-state index in [9.17, 15) is 9.59 Å². The van der Waals surface area contributed by atoms with Crippen LogP contribution in [-0.2, 0) is 14.3 Å². The summed E-state index contributed by atoms with van der Waals surface area (Å²) in [5.41, 5.74) is 0.854. The fourth-order valence-corrected chi connectivity index (χ4v) is 2.47. The zero-order chi connectivity index (χ0) is 14.8. The van der Waals surface area contributed by atoms with Crippen molar-refractivity contribution in [2.75, 3.05) is 6.54 Å². The summed E-state index contributed by atoms with van der Waals surface area (Å²) in [6.45, 7) is 0.601. The molecule has 1 fully saturated rings. The Kier molecular flexibility index (Phi) is 3.43. The third-order valence-electron chi connectivity index (χ3n) is 3.51. The van der Waals surface area contributed by atoms with Crippen molar-refractivity contribution in [1.82, 2.24) is 4.90 Å². The molecular formula is C15H14N2O4. The minimum absolute atomic E-state index is 0.141. The number of nitrogens with zero attached hydrogens (tertiary/aromatic N) is 2. The molecule has 1 N–H and O–H groups in total. The molecule has 1 aromatic rings. The molecule has 0 bridgehead atoms. The van der Waals surface area contributed by atoms with Crippen LogP contribution in [0.1, 0.15) is 18.4 Å². The fourth-order valence-electron chi connectivity index (χ4n) is 2.47. The SMILES string of the molecule is O=C1OC(c2ccccc2)=NC1=CN1CCC[C@H]1C(=O)O. The highest BCUT2D eigenvalue weighted by Crippen LogP contribution is 2.22. The molecule has 2 aliphatic rings. The lowest BCUT2D eigenvalue weighted by molar-refractivity contribution is -0.141. The maximum absolute atomic E-state index is 11.8. The zero-order valence-corrected chi connectivity index (χ0v) is 11.2. The fraction of sp³-hybridized carbons (Fsp3) is 0.267. The van der Waals surface area contributed by atoms with Crippen LogP contribution >= 0.6 is 0 Å². The van der Waals surface area contributed by atoms with Gasteiger partial charge in [-0.15, -0.1) is 0 Å². The Hall–Kier alpha value is -2.63. The van der Waals surface area contributed by atoms with E-state index in [1.807, 2.05) is 18.2 Å². The lowest BCUT2D eigenvalue weighted by Gasteiger charge is -2.18. The van der Waals surface area contributed by atoms with Gasteiger partial charge in [-0.2, -0.15) is 0 Å². The van der Waals surface area contributed by atoms with Crippen LogP contribution in [0.4, 0.5) is 0 Å². The molecule has 21 heavy (non-hydrogen) atoms. The molecular weight excluding hydrogens is 272 g/mol. The van der Waals surface area contributed by atoms with E-state index in [1.54, 1.807) is 17.0 Å². The van der Waals surface area contributed by atoms with Crippen molar-refractivity contribution < 1.29 is 19.4 Å². The van der Waals surface area contributed by atoms with Crippen LogP contribution in [0.3, 0.4) is 0 Å². The van der Waals surface area contributed by atoms with E-state index >= 15 is 0 Å². The molecule has 0 aromatic heterocycles. The van der Waals surface area contributed by atoms with Crippen molar-refractivity contribution in [3.63, 3.8) is 0 Å². The molecule has 6 heteroatoms. The summed E-state index contributed by atoms with van der Waals surface area (Å²) >= 11 is 0. The summed E-state index contributed by atoms with van der Waals surface area (Å²) in [7, 11) is 0. The van der Waals surface area contributed by atoms with Crippen LogP contribution in [0.5, 0.6) is 0 Å². The van der Waals surface area contributed by atoms with Gasteiger partial charge in [0, 0.05) is 18.3 Å². The van der Waals surface area contributed by atoms with Crippen molar-refractivity contribution in [3.05, 3.63) is 47.8 Å². The number of carbonyl (C=O) groups excluding carboxylic acids is 1. The van der Waals surface area contributed by atoms with Gasteiger partial charge in [0.2, 0.25) is 5.90 Å². The second-order valence-corrected chi connectivity index (χ2v) is 4.92. The average Bonchev–Trinajstić information content (AvgIpc) is 3.08. The number of carboxylic acid groups (broad SMARTS) is 1. The van der Waals surface area contributed by atoms with Crippen molar-refractivity contribution in [3.8, 4) is 0 Å². The quantitative estimate of drug-likeness (QED) is 0.671. The van der Waals surface area contributed by atoms with Crippen molar-refractivity contribution in [1.29, 1.82) is 0 Å². The van der Waals surface area contributed by atoms with Gasteiger partial charge in [-0.3, -0.25) is 0 Å². The second kappa shape index (κ2) is 5.40. The molecule has 1 aromatic carbocycles. The van der Waals surface area contributed by atoms with E-state index in [1.165, 1.54) is 6.20 Å². The number of carbonyl (C=O) groups is 2. The smallest absolute Gasteiger partial charge is 0.365 e. The summed E-state index contributed by atoms with van der Waals surface area (Å²) < 4.78 is 5.13. The third kappa shape index (κ3) is 2.65. The van der Waals surface area contributed by atoms with Gasteiger partial charge in [-0.25, -0.2) is 14.6 Å². The molecule has 0 saturated carbocycles. The first-order valence-corrected chi connectivity index (χ1v) is 6.72. The molecule has 3 rings (SSSR count). The molecule has 1 saturated heterocycles. The Bertz CT molecular complexity index is 636. The molecule has 0 radical (unpaired) electrons. The maximum atomic E-state index is 11.8. The Balaban J connectivity index is 1.85. The molecule has 2 aliphatic heterocycles. The van der Waals surface area contributed by atoms with Crippen LogP contribution in [0.2, 0.25) is 0 Å². The largest absolute Gasteiger partial charge is 0.480 e. The van der Waals surface area contributed by atoms with Crippen molar-refractivity contribution in [2.24, 2.45) is 4.99 Å². The molecule has 0 aliphatic carbocycles. The Morgan fingerprint density at radius 2 is 2.14 bits per heavy atom. The van der Waals surface area contributed by atoms with Gasteiger partial charge in [0.25, 0.3) is 0 Å². The van der Waals surface area contributed by atoms with Gasteiger partial charge < -0.3 is 14.7 Å². The summed E-state index contributed by atoms with van der Waals surface area (Å²) in [6, 6.07) is 8.51. The first kappa shape index (κ1) is 13.4. The first-order chi connectivity index (χ1) is 10.1. The number of hydrogen-bond acceptors (Lipinski definition) is 5. The number of benzene rings is 1. The number of aliphatic imine (C=N–C) groups is 1. The van der Waals surface area contributed by atoms with E-state index in [2.05, 4.69) is 4.99 Å². The van der Waals surface area contributed by atoms with Crippen LogP contribution in [0.25, 0.3) is 0 Å². The lowest BCUT2D eigenvalue weighted by atomic mass is 10.2. The zero-order valence-electron chi connectivity index (χ0n) is 11.2. The number of hydrogen-bond donors (Lipinski definition) is 1. The maximum Gasteiger partial charge on any atom is 0.365 e. The molecule has 6 nitrogen and oxygen atoms in total. The molecule has 108 valence electrons. The normalized spacial score (nSPS) is 23.3. The number of carboxylic acids is 1. The monoisotopic (exact) mass is 286 g/mol. The van der Waals surface area contributed by atoms with Gasteiger partial charge in [0.15, 0.2) is 5.70 Å². The van der Waals surface area contributed by atoms with Crippen LogP contribution < -0.4 is 0 Å². The molecule has 0 spiro atoms. The van der Waals surface area contributed by atoms with Gasteiger partial charge in [-0.1, -0.05) is 18.2 Å². The average molecular weight is 286 g/mol. The lowest BCUT2D eigenvalue weighted by Crippen LogP contribution is -2.32. The van der Waals surface area contributed by atoms with Gasteiger partial charge in [0.05, 0.1) is 0 Å². The van der Waals surface area contributed by atoms with E-state index in [4.69, 9.17) is 9.84 Å². The topological polar surface area (TPSA) is 79.2 Å². The molecule has 1 atom stereocenters. The number of rotatable bonds is 3. The number of aliphatic carboxylic acids is 1. The Morgan fingerprint density at radius 3 is 2.86 bits per heavy atom. The predicted molar refractivity (Wildman–Crippen MR) is 74.5 cm³/mol. The number of likely N-dealkylation sites (tertiary alicyclic amines) is 1. The van der Waals surface area contributed by atoms with E-state index < -0.39 is 18.0 Å². The van der Waals surface area contributed by atoms with Crippen LogP contribution in [0, 0.1) is 0 Å². The van der Waals surface area contributed by atoms with Gasteiger partial charge in [0.1, 0.15) is 6.04 Å². The van der Waals surface area contributed by atoms with E-state index in [0.29, 0.717) is 18.5 Å². The first-order valence-electron chi connectivity index (χ1n) is 6.72. The van der Waals surface area contributed by atoms with Crippen LogP contribution in [-0.4, -0.2) is 40.4 Å². The highest BCUT2D eigenvalue weighted by molar-refractivity contribution is 6.11. The molecule has 0 amide bonds. The summed E-state index contributed by atoms with van der Waals surface area (Å²) in [4.78, 5) is 28.8. The Morgan fingerprint density at radius 1 is 1.38 bits per heavy atom. The standard InChI is InChI=1S/C15H14N2O4/c18-14(19)12-7-4-8-17(12)9-11-15(20)21-13(16-11)10-5-2-1-3-6-10/h1-3,5-6,9,12H,4,7-8H2,(H,18,19)/t12-/m0/s1. The van der Waals surface area contributed by atoms with E-state index in [-0.39, 0.29) is 11.6 Å². The van der Waals surface area contributed by atoms with Crippen molar-refractivity contribution in [2.45, 2.75) is 18.9 Å². The summed E-state index contributed by atoms with van der Waals surface area (Å²) in [5, 5.41) is 9.13.